The van der Waals surface area contributed by atoms with Gasteiger partial charge in [-0.3, -0.25) is 14.3 Å². The fraction of sp³-hybridized carbons (Fsp3) is 0.280. The van der Waals surface area contributed by atoms with Crippen LogP contribution in [0, 0.1) is 0 Å². The predicted octanol–water partition coefficient (Wildman–Crippen LogP) is 4.83. The molecule has 1 aliphatic rings. The van der Waals surface area contributed by atoms with Crippen molar-refractivity contribution in [3.63, 3.8) is 0 Å². The van der Waals surface area contributed by atoms with E-state index in [2.05, 4.69) is 26.5 Å². The fourth-order valence-corrected chi connectivity index (χ4v) is 3.59. The Kier molecular flexibility index (Phi) is 10.1. The van der Waals surface area contributed by atoms with Gasteiger partial charge in [-0.15, -0.1) is 0 Å². The molecule has 5 heterocycles. The number of alkyl halides is 6. The van der Waals surface area contributed by atoms with Crippen molar-refractivity contribution in [3.05, 3.63) is 78.8 Å². The van der Waals surface area contributed by atoms with Gasteiger partial charge in [0.1, 0.15) is 17.5 Å². The number of rotatable bonds is 4. The molecule has 1 unspecified atom stereocenters. The van der Waals surface area contributed by atoms with E-state index >= 15 is 0 Å². The van der Waals surface area contributed by atoms with Crippen molar-refractivity contribution in [3.8, 4) is 11.3 Å². The molecule has 16 heteroatoms. The SMILES string of the molecule is O=C(O)C(F)(F)F.O=C(O)C(F)(F)F.c1coc(CN2CCOC(c3cn4c(-c5ccncc5)cccc4n3)C2)c1. The van der Waals surface area contributed by atoms with Gasteiger partial charge >= 0.3 is 24.3 Å². The van der Waals surface area contributed by atoms with Crippen LogP contribution < -0.4 is 0 Å². The summed E-state index contributed by atoms with van der Waals surface area (Å²) in [5.74, 6) is -4.54. The van der Waals surface area contributed by atoms with Crippen molar-refractivity contribution in [2.45, 2.75) is 25.0 Å². The van der Waals surface area contributed by atoms with Crippen LogP contribution in [-0.2, 0) is 20.9 Å². The van der Waals surface area contributed by atoms with Crippen LogP contribution >= 0.6 is 0 Å². The van der Waals surface area contributed by atoms with Gasteiger partial charge in [-0.25, -0.2) is 14.6 Å². The lowest BCUT2D eigenvalue weighted by molar-refractivity contribution is -0.193. The maximum absolute atomic E-state index is 10.6. The minimum absolute atomic E-state index is 0.0427. The van der Waals surface area contributed by atoms with Gasteiger partial charge in [0.2, 0.25) is 0 Å². The van der Waals surface area contributed by atoms with Gasteiger partial charge in [0, 0.05) is 37.2 Å². The van der Waals surface area contributed by atoms with Gasteiger partial charge < -0.3 is 19.4 Å². The number of imidazole rings is 1. The van der Waals surface area contributed by atoms with Crippen LogP contribution in [0.15, 0.2) is 71.7 Å². The summed E-state index contributed by atoms with van der Waals surface area (Å²) in [6.45, 7) is 3.18. The minimum atomic E-state index is -5.08. The van der Waals surface area contributed by atoms with Crippen molar-refractivity contribution in [2.24, 2.45) is 0 Å². The van der Waals surface area contributed by atoms with Crippen LogP contribution in [0.3, 0.4) is 0 Å². The Labute approximate surface area is 227 Å². The number of pyridine rings is 2. The Balaban J connectivity index is 0.000000276. The predicted molar refractivity (Wildman–Crippen MR) is 128 cm³/mol. The molecule has 2 N–H and O–H groups in total. The number of aromatic nitrogens is 3. The molecule has 0 radical (unpaired) electrons. The number of halogens is 6. The van der Waals surface area contributed by atoms with Gasteiger partial charge in [-0.05, 0) is 36.4 Å². The van der Waals surface area contributed by atoms with Gasteiger partial charge in [0.15, 0.2) is 0 Å². The Bertz CT molecular complexity index is 1400. The smallest absolute Gasteiger partial charge is 0.475 e. The van der Waals surface area contributed by atoms with E-state index < -0.39 is 24.3 Å². The van der Waals surface area contributed by atoms with E-state index in [0.717, 1.165) is 48.0 Å². The fourth-order valence-electron chi connectivity index (χ4n) is 3.59. The van der Waals surface area contributed by atoms with E-state index in [1.807, 2.05) is 48.8 Å². The first-order valence-corrected chi connectivity index (χ1v) is 11.6. The highest BCUT2D eigenvalue weighted by molar-refractivity contribution is 5.73. The summed E-state index contributed by atoms with van der Waals surface area (Å²) in [7, 11) is 0. The topological polar surface area (TPSA) is 130 Å². The van der Waals surface area contributed by atoms with E-state index in [9.17, 15) is 26.3 Å². The second kappa shape index (κ2) is 13.3. The Morgan fingerprint density at radius 2 is 1.59 bits per heavy atom. The summed E-state index contributed by atoms with van der Waals surface area (Å²) >= 11 is 0. The van der Waals surface area contributed by atoms with E-state index in [0.29, 0.717) is 6.61 Å². The normalized spacial score (nSPS) is 15.8. The maximum Gasteiger partial charge on any atom is 0.490 e. The zero-order valence-corrected chi connectivity index (χ0v) is 20.8. The molecule has 0 aromatic carbocycles. The van der Waals surface area contributed by atoms with Crippen LogP contribution in [0.4, 0.5) is 26.3 Å². The lowest BCUT2D eigenvalue weighted by atomic mass is 10.2. The Hall–Kier alpha value is -4.44. The molecule has 0 aliphatic carbocycles. The molecule has 220 valence electrons. The third-order valence-electron chi connectivity index (χ3n) is 5.41. The summed E-state index contributed by atoms with van der Waals surface area (Å²) in [5, 5.41) is 14.2. The van der Waals surface area contributed by atoms with Crippen molar-refractivity contribution >= 4 is 17.6 Å². The van der Waals surface area contributed by atoms with Crippen LogP contribution in [0.5, 0.6) is 0 Å². The number of morpholine rings is 1. The number of ether oxygens (including phenoxy) is 1. The first-order valence-electron chi connectivity index (χ1n) is 11.6. The van der Waals surface area contributed by atoms with Crippen LogP contribution in [-0.4, -0.2) is 73.5 Å². The summed E-state index contributed by atoms with van der Waals surface area (Å²) in [4.78, 5) is 29.1. The number of carboxylic acids is 2. The molecule has 1 aliphatic heterocycles. The monoisotopic (exact) mass is 588 g/mol. The molecule has 0 amide bonds. The highest BCUT2D eigenvalue weighted by Gasteiger charge is 2.38. The second-order valence-electron chi connectivity index (χ2n) is 8.32. The molecule has 4 aromatic rings. The quantitative estimate of drug-likeness (QED) is 0.322. The zero-order valence-electron chi connectivity index (χ0n) is 20.8. The first-order chi connectivity index (χ1) is 19.3. The number of fused-ring (bicyclic) bond motifs is 1. The van der Waals surface area contributed by atoms with Crippen LogP contribution in [0.2, 0.25) is 0 Å². The molecule has 5 rings (SSSR count). The Morgan fingerprint density at radius 1 is 0.951 bits per heavy atom. The van der Waals surface area contributed by atoms with Gasteiger partial charge in [-0.1, -0.05) is 6.07 Å². The molecular formula is C25H22F6N4O6. The van der Waals surface area contributed by atoms with Gasteiger partial charge in [0.05, 0.1) is 30.8 Å². The summed E-state index contributed by atoms with van der Waals surface area (Å²) in [6.07, 6.45) is -2.79. The Morgan fingerprint density at radius 3 is 2.15 bits per heavy atom. The molecule has 0 bridgehead atoms. The molecule has 1 fully saturated rings. The third-order valence-corrected chi connectivity index (χ3v) is 5.41. The molecule has 4 aromatic heterocycles. The van der Waals surface area contributed by atoms with Gasteiger partial charge in [0.25, 0.3) is 0 Å². The molecule has 0 spiro atoms. The standard InChI is InChI=1S/C21H20N4O2.2C2HF3O2/c1-4-19(16-6-8-22-9-7-16)25-14-18(23-21(25)5-1)20-15-24(10-12-27-20)13-17-3-2-11-26-17;2*3-2(4,5)1(6)7/h1-9,11,14,20H,10,12-13,15H2;2*(H,6,7). The number of hydrogen-bond acceptors (Lipinski definition) is 7. The zero-order chi connectivity index (χ0) is 30.2. The molecule has 10 nitrogen and oxygen atoms in total. The summed E-state index contributed by atoms with van der Waals surface area (Å²) in [5.41, 5.74) is 4.09. The largest absolute Gasteiger partial charge is 0.490 e. The number of hydrogen-bond donors (Lipinski definition) is 2. The first kappa shape index (κ1) is 31.1. The lowest BCUT2D eigenvalue weighted by Gasteiger charge is -2.31. The van der Waals surface area contributed by atoms with Crippen molar-refractivity contribution in [2.75, 3.05) is 19.7 Å². The lowest BCUT2D eigenvalue weighted by Crippen LogP contribution is -2.37. The molecule has 1 atom stereocenters. The number of aliphatic carboxylic acids is 2. The van der Waals surface area contributed by atoms with Crippen LogP contribution in [0.1, 0.15) is 17.6 Å². The van der Waals surface area contributed by atoms with Crippen molar-refractivity contribution in [1.82, 2.24) is 19.3 Å². The summed E-state index contributed by atoms with van der Waals surface area (Å²) in [6, 6.07) is 14.1. The molecule has 0 saturated carbocycles. The second-order valence-corrected chi connectivity index (χ2v) is 8.32. The summed E-state index contributed by atoms with van der Waals surface area (Å²) < 4.78 is 77.1. The van der Waals surface area contributed by atoms with Gasteiger partial charge in [-0.2, -0.15) is 26.3 Å². The highest BCUT2D eigenvalue weighted by atomic mass is 19.4. The minimum Gasteiger partial charge on any atom is -0.475 e. The third kappa shape index (κ3) is 9.04. The number of carboxylic acid groups (broad SMARTS) is 2. The van der Waals surface area contributed by atoms with Crippen LogP contribution in [0.25, 0.3) is 16.9 Å². The van der Waals surface area contributed by atoms with E-state index in [4.69, 9.17) is 33.9 Å². The number of nitrogens with zero attached hydrogens (tertiary/aromatic N) is 4. The number of furan rings is 1. The number of carbonyl (C=O) groups is 2. The molecular weight excluding hydrogens is 566 g/mol. The maximum atomic E-state index is 10.6. The molecule has 1 saturated heterocycles. The van der Waals surface area contributed by atoms with Crippen molar-refractivity contribution in [1.29, 1.82) is 0 Å². The highest BCUT2D eigenvalue weighted by Crippen LogP contribution is 2.26. The molecule has 41 heavy (non-hydrogen) atoms. The average Bonchev–Trinajstić information content (AvgIpc) is 3.59. The van der Waals surface area contributed by atoms with Crippen molar-refractivity contribution < 1.29 is 55.3 Å². The van der Waals surface area contributed by atoms with E-state index in [1.54, 1.807) is 6.26 Å². The van der Waals surface area contributed by atoms with E-state index in [-0.39, 0.29) is 6.10 Å². The average molecular weight is 588 g/mol. The van der Waals surface area contributed by atoms with E-state index in [1.165, 1.54) is 0 Å².